The van der Waals surface area contributed by atoms with E-state index in [1.54, 1.807) is 0 Å². The summed E-state index contributed by atoms with van der Waals surface area (Å²) in [6.45, 7) is 8.06. The summed E-state index contributed by atoms with van der Waals surface area (Å²) >= 11 is 0. The second-order valence-corrected chi connectivity index (χ2v) is 6.49. The normalized spacial score (nSPS) is 11.7. The van der Waals surface area contributed by atoms with Crippen molar-refractivity contribution in [2.45, 2.75) is 39.4 Å². The van der Waals surface area contributed by atoms with Crippen molar-refractivity contribution >= 4 is 5.82 Å². The van der Waals surface area contributed by atoms with Gasteiger partial charge in [-0.15, -0.1) is 0 Å². The second kappa shape index (κ2) is 6.26. The highest BCUT2D eigenvalue weighted by atomic mass is 15.3. The standard InChI is InChI=1S/C16H25N5/c1-16(2,3)21-12-14(11-19-21)9-17-8-13-6-7-15(18-10-13)20(4)5/h6-7,10-12,17H,8-9H2,1-5H3. The molecule has 0 radical (unpaired) electrons. The quantitative estimate of drug-likeness (QED) is 0.917. The zero-order valence-corrected chi connectivity index (χ0v) is 13.6. The van der Waals surface area contributed by atoms with E-state index in [4.69, 9.17) is 0 Å². The molecule has 0 amide bonds. The van der Waals surface area contributed by atoms with Gasteiger partial charge in [0.1, 0.15) is 5.82 Å². The predicted molar refractivity (Wildman–Crippen MR) is 86.3 cm³/mol. The molecule has 0 fully saturated rings. The first-order valence-electron chi connectivity index (χ1n) is 7.23. The molecule has 0 spiro atoms. The van der Waals surface area contributed by atoms with E-state index in [-0.39, 0.29) is 5.54 Å². The number of pyridine rings is 1. The van der Waals surface area contributed by atoms with Gasteiger partial charge in [-0.05, 0) is 32.4 Å². The highest BCUT2D eigenvalue weighted by Crippen LogP contribution is 2.13. The van der Waals surface area contributed by atoms with Gasteiger partial charge in [0.2, 0.25) is 0 Å². The molecule has 0 bridgehead atoms. The first kappa shape index (κ1) is 15.5. The van der Waals surface area contributed by atoms with Gasteiger partial charge in [0.05, 0.1) is 11.7 Å². The Hall–Kier alpha value is -1.88. The summed E-state index contributed by atoms with van der Waals surface area (Å²) in [7, 11) is 3.99. The van der Waals surface area contributed by atoms with Crippen LogP contribution >= 0.6 is 0 Å². The van der Waals surface area contributed by atoms with E-state index in [1.807, 2.05) is 42.1 Å². The van der Waals surface area contributed by atoms with Gasteiger partial charge in [0, 0.05) is 45.1 Å². The lowest BCUT2D eigenvalue weighted by Crippen LogP contribution is -2.22. The summed E-state index contributed by atoms with van der Waals surface area (Å²) in [5, 5.41) is 7.83. The number of hydrogen-bond donors (Lipinski definition) is 1. The molecule has 5 heteroatoms. The van der Waals surface area contributed by atoms with Crippen LogP contribution in [-0.4, -0.2) is 28.9 Å². The molecular weight excluding hydrogens is 262 g/mol. The Morgan fingerprint density at radius 3 is 2.33 bits per heavy atom. The fourth-order valence-electron chi connectivity index (χ4n) is 1.96. The molecule has 2 heterocycles. The van der Waals surface area contributed by atoms with Gasteiger partial charge in [-0.2, -0.15) is 5.10 Å². The average molecular weight is 287 g/mol. The fourth-order valence-corrected chi connectivity index (χ4v) is 1.96. The topological polar surface area (TPSA) is 46.0 Å². The zero-order chi connectivity index (χ0) is 15.5. The molecule has 0 aliphatic rings. The van der Waals surface area contributed by atoms with Gasteiger partial charge in [0.15, 0.2) is 0 Å². The van der Waals surface area contributed by atoms with E-state index in [9.17, 15) is 0 Å². The predicted octanol–water partition coefficient (Wildman–Crippen LogP) is 2.39. The minimum atomic E-state index is 0.0319. The minimum absolute atomic E-state index is 0.0319. The molecule has 2 aromatic rings. The monoisotopic (exact) mass is 287 g/mol. The number of rotatable bonds is 5. The maximum Gasteiger partial charge on any atom is 0.127 e. The van der Waals surface area contributed by atoms with Gasteiger partial charge in [-0.25, -0.2) is 4.98 Å². The van der Waals surface area contributed by atoms with Crippen molar-refractivity contribution in [1.82, 2.24) is 20.1 Å². The number of nitrogens with one attached hydrogen (secondary N) is 1. The number of aromatic nitrogens is 3. The summed E-state index contributed by atoms with van der Waals surface area (Å²) in [5.74, 6) is 0.977. The van der Waals surface area contributed by atoms with Gasteiger partial charge in [-0.3, -0.25) is 4.68 Å². The van der Waals surface area contributed by atoms with E-state index in [1.165, 1.54) is 11.1 Å². The first-order chi connectivity index (χ1) is 9.86. The van der Waals surface area contributed by atoms with E-state index in [2.05, 4.69) is 48.4 Å². The molecule has 0 atom stereocenters. The number of nitrogens with zero attached hydrogens (tertiary/aromatic N) is 4. The van der Waals surface area contributed by atoms with Crippen LogP contribution in [0.5, 0.6) is 0 Å². The molecule has 21 heavy (non-hydrogen) atoms. The lowest BCUT2D eigenvalue weighted by atomic mass is 10.1. The molecule has 0 aliphatic carbocycles. The number of anilines is 1. The van der Waals surface area contributed by atoms with E-state index in [0.717, 1.165) is 18.9 Å². The lowest BCUT2D eigenvalue weighted by molar-refractivity contribution is 0.355. The average Bonchev–Trinajstić information content (AvgIpc) is 2.88. The van der Waals surface area contributed by atoms with Gasteiger partial charge >= 0.3 is 0 Å². The van der Waals surface area contributed by atoms with Crippen molar-refractivity contribution in [3.8, 4) is 0 Å². The van der Waals surface area contributed by atoms with Crippen molar-refractivity contribution in [3.05, 3.63) is 41.9 Å². The fraction of sp³-hybridized carbons (Fsp3) is 0.500. The maximum atomic E-state index is 4.41. The minimum Gasteiger partial charge on any atom is -0.363 e. The molecule has 2 aromatic heterocycles. The van der Waals surface area contributed by atoms with Gasteiger partial charge in [0.25, 0.3) is 0 Å². The maximum absolute atomic E-state index is 4.41. The Kier molecular flexibility index (Phi) is 4.63. The molecule has 5 nitrogen and oxygen atoms in total. The van der Waals surface area contributed by atoms with Crippen LogP contribution in [0.15, 0.2) is 30.7 Å². The van der Waals surface area contributed by atoms with Crippen LogP contribution in [0.3, 0.4) is 0 Å². The molecule has 0 unspecified atom stereocenters. The molecule has 1 N–H and O–H groups in total. The highest BCUT2D eigenvalue weighted by Gasteiger charge is 2.13. The van der Waals surface area contributed by atoms with Crippen LogP contribution in [0, 0.1) is 0 Å². The second-order valence-electron chi connectivity index (χ2n) is 6.49. The zero-order valence-electron chi connectivity index (χ0n) is 13.6. The smallest absolute Gasteiger partial charge is 0.127 e. The Morgan fingerprint density at radius 1 is 1.10 bits per heavy atom. The summed E-state index contributed by atoms with van der Waals surface area (Å²) in [6, 6.07) is 4.14. The largest absolute Gasteiger partial charge is 0.363 e. The Bertz CT molecular complexity index is 563. The van der Waals surface area contributed by atoms with Crippen LogP contribution in [0.2, 0.25) is 0 Å². The summed E-state index contributed by atoms with van der Waals surface area (Å²) in [4.78, 5) is 6.41. The molecule has 0 saturated carbocycles. The van der Waals surface area contributed by atoms with Crippen molar-refractivity contribution in [2.24, 2.45) is 0 Å². The third-order valence-corrected chi connectivity index (χ3v) is 3.25. The summed E-state index contributed by atoms with van der Waals surface area (Å²) in [6.07, 6.45) is 5.94. The van der Waals surface area contributed by atoms with Gasteiger partial charge in [-0.1, -0.05) is 6.07 Å². The van der Waals surface area contributed by atoms with E-state index in [0.29, 0.717) is 0 Å². The van der Waals surface area contributed by atoms with E-state index < -0.39 is 0 Å². The van der Waals surface area contributed by atoms with Crippen molar-refractivity contribution in [2.75, 3.05) is 19.0 Å². The third kappa shape index (κ3) is 4.29. The molecule has 114 valence electrons. The van der Waals surface area contributed by atoms with Crippen molar-refractivity contribution in [3.63, 3.8) is 0 Å². The summed E-state index contributed by atoms with van der Waals surface area (Å²) in [5.41, 5.74) is 2.41. The molecule has 0 saturated heterocycles. The van der Waals surface area contributed by atoms with Crippen LogP contribution in [0.25, 0.3) is 0 Å². The van der Waals surface area contributed by atoms with Gasteiger partial charge < -0.3 is 10.2 Å². The van der Waals surface area contributed by atoms with E-state index >= 15 is 0 Å². The molecule has 0 aromatic carbocycles. The van der Waals surface area contributed by atoms with Crippen molar-refractivity contribution in [1.29, 1.82) is 0 Å². The Labute approximate surface area is 127 Å². The lowest BCUT2D eigenvalue weighted by Gasteiger charge is -2.18. The molecule has 0 aliphatic heterocycles. The number of hydrogen-bond acceptors (Lipinski definition) is 4. The SMILES string of the molecule is CN(C)c1ccc(CNCc2cnn(C(C)(C)C)c2)cn1. The third-order valence-electron chi connectivity index (χ3n) is 3.25. The van der Waals surface area contributed by atoms with Crippen LogP contribution in [0.4, 0.5) is 5.82 Å². The van der Waals surface area contributed by atoms with Crippen molar-refractivity contribution < 1.29 is 0 Å². The van der Waals surface area contributed by atoms with Crippen LogP contribution in [0.1, 0.15) is 31.9 Å². The molecule has 2 rings (SSSR count). The Balaban J connectivity index is 1.85. The van der Waals surface area contributed by atoms with Crippen LogP contribution < -0.4 is 10.2 Å². The summed E-state index contributed by atoms with van der Waals surface area (Å²) < 4.78 is 2.00. The highest BCUT2D eigenvalue weighted by molar-refractivity contribution is 5.37. The van der Waals surface area contributed by atoms with Crippen LogP contribution in [-0.2, 0) is 18.6 Å². The first-order valence-corrected chi connectivity index (χ1v) is 7.23. The Morgan fingerprint density at radius 2 is 1.81 bits per heavy atom. The molecular formula is C16H25N5.